The van der Waals surface area contributed by atoms with Crippen molar-refractivity contribution in [1.29, 1.82) is 0 Å². The van der Waals surface area contributed by atoms with Gasteiger partial charge >= 0.3 is 0 Å². The van der Waals surface area contributed by atoms with Gasteiger partial charge in [0.2, 0.25) is 0 Å². The Bertz CT molecular complexity index is 59.3. The zero-order valence-corrected chi connectivity index (χ0v) is 5.90. The average molecular weight is 131 g/mol. The summed E-state index contributed by atoms with van der Waals surface area (Å²) < 4.78 is 0. The molecule has 1 unspecified atom stereocenters. The SMILES string of the molecule is N.NCC1CCCCN1. The third-order valence-electron chi connectivity index (χ3n) is 1.70. The first-order valence-corrected chi connectivity index (χ1v) is 3.37. The lowest BCUT2D eigenvalue weighted by Crippen LogP contribution is -2.39. The van der Waals surface area contributed by atoms with E-state index in [2.05, 4.69) is 5.32 Å². The Morgan fingerprint density at radius 1 is 1.44 bits per heavy atom. The van der Waals surface area contributed by atoms with Gasteiger partial charge in [0.1, 0.15) is 0 Å². The molecule has 0 spiro atoms. The van der Waals surface area contributed by atoms with Crippen molar-refractivity contribution in [3.05, 3.63) is 0 Å². The fourth-order valence-corrected chi connectivity index (χ4v) is 1.13. The van der Waals surface area contributed by atoms with Gasteiger partial charge in [0.05, 0.1) is 0 Å². The van der Waals surface area contributed by atoms with Crippen molar-refractivity contribution in [3.63, 3.8) is 0 Å². The van der Waals surface area contributed by atoms with Crippen molar-refractivity contribution in [2.75, 3.05) is 13.1 Å². The van der Waals surface area contributed by atoms with E-state index in [1.165, 1.54) is 25.8 Å². The lowest BCUT2D eigenvalue weighted by Gasteiger charge is -2.21. The van der Waals surface area contributed by atoms with Crippen LogP contribution in [0.4, 0.5) is 0 Å². The van der Waals surface area contributed by atoms with Crippen LogP contribution in [0, 0.1) is 0 Å². The van der Waals surface area contributed by atoms with Gasteiger partial charge in [0.25, 0.3) is 0 Å². The van der Waals surface area contributed by atoms with Gasteiger partial charge in [-0.3, -0.25) is 0 Å². The van der Waals surface area contributed by atoms with Crippen LogP contribution in [0.25, 0.3) is 0 Å². The molecule has 1 aliphatic heterocycles. The molecule has 0 aromatic heterocycles. The van der Waals surface area contributed by atoms with E-state index in [9.17, 15) is 0 Å². The summed E-state index contributed by atoms with van der Waals surface area (Å²) >= 11 is 0. The molecule has 3 heteroatoms. The maximum Gasteiger partial charge on any atom is 0.0190 e. The molecule has 0 saturated carbocycles. The molecule has 0 aliphatic carbocycles. The van der Waals surface area contributed by atoms with E-state index < -0.39 is 0 Å². The summed E-state index contributed by atoms with van der Waals surface area (Å²) in [5.41, 5.74) is 5.44. The Kier molecular flexibility index (Phi) is 4.67. The van der Waals surface area contributed by atoms with E-state index in [-0.39, 0.29) is 6.15 Å². The van der Waals surface area contributed by atoms with Crippen molar-refractivity contribution in [1.82, 2.24) is 11.5 Å². The first-order valence-electron chi connectivity index (χ1n) is 3.37. The minimum absolute atomic E-state index is 0. The minimum Gasteiger partial charge on any atom is -0.344 e. The topological polar surface area (TPSA) is 73.0 Å². The molecule has 1 rings (SSSR count). The summed E-state index contributed by atoms with van der Waals surface area (Å²) in [6, 6.07) is 0.615. The van der Waals surface area contributed by atoms with Gasteiger partial charge in [0.15, 0.2) is 0 Å². The van der Waals surface area contributed by atoms with Crippen molar-refractivity contribution >= 4 is 0 Å². The number of rotatable bonds is 1. The molecular formula is C6H17N3. The highest BCUT2D eigenvalue weighted by Crippen LogP contribution is 2.04. The summed E-state index contributed by atoms with van der Waals surface area (Å²) in [4.78, 5) is 0. The summed E-state index contributed by atoms with van der Waals surface area (Å²) in [6.45, 7) is 1.97. The first-order chi connectivity index (χ1) is 3.93. The van der Waals surface area contributed by atoms with E-state index in [0.29, 0.717) is 6.04 Å². The molecule has 1 fully saturated rings. The monoisotopic (exact) mass is 131 g/mol. The fraction of sp³-hybridized carbons (Fsp3) is 1.00. The second kappa shape index (κ2) is 4.73. The normalized spacial score (nSPS) is 27.0. The molecule has 0 radical (unpaired) electrons. The van der Waals surface area contributed by atoms with Gasteiger partial charge < -0.3 is 17.2 Å². The van der Waals surface area contributed by atoms with Crippen LogP contribution in [0.3, 0.4) is 0 Å². The highest BCUT2D eigenvalue weighted by molar-refractivity contribution is 4.71. The fourth-order valence-electron chi connectivity index (χ4n) is 1.13. The first kappa shape index (κ1) is 8.88. The quantitative estimate of drug-likeness (QED) is 0.477. The van der Waals surface area contributed by atoms with Crippen molar-refractivity contribution in [3.8, 4) is 0 Å². The minimum atomic E-state index is 0. The van der Waals surface area contributed by atoms with Gasteiger partial charge in [-0.2, -0.15) is 0 Å². The lowest BCUT2D eigenvalue weighted by atomic mass is 10.1. The maximum absolute atomic E-state index is 5.44. The standard InChI is InChI=1S/C6H14N2.H3N/c7-5-6-3-1-2-4-8-6;/h6,8H,1-5,7H2;1H3. The zero-order valence-electron chi connectivity index (χ0n) is 5.90. The van der Waals surface area contributed by atoms with Crippen LogP contribution in [-0.2, 0) is 0 Å². The number of piperidine rings is 1. The number of hydrogen-bond acceptors (Lipinski definition) is 3. The molecular weight excluding hydrogens is 114 g/mol. The molecule has 0 bridgehead atoms. The molecule has 0 aromatic carbocycles. The summed E-state index contributed by atoms with van der Waals surface area (Å²) in [5, 5.41) is 3.34. The van der Waals surface area contributed by atoms with Crippen LogP contribution >= 0.6 is 0 Å². The molecule has 6 N–H and O–H groups in total. The van der Waals surface area contributed by atoms with Crippen LogP contribution in [0.2, 0.25) is 0 Å². The third kappa shape index (κ3) is 2.79. The van der Waals surface area contributed by atoms with E-state index in [1.807, 2.05) is 0 Å². The van der Waals surface area contributed by atoms with Crippen LogP contribution < -0.4 is 17.2 Å². The van der Waals surface area contributed by atoms with Gasteiger partial charge in [-0.05, 0) is 19.4 Å². The number of hydrogen-bond donors (Lipinski definition) is 3. The smallest absolute Gasteiger partial charge is 0.0190 e. The zero-order chi connectivity index (χ0) is 5.82. The molecule has 9 heavy (non-hydrogen) atoms. The largest absolute Gasteiger partial charge is 0.344 e. The average Bonchev–Trinajstić information content (AvgIpc) is 1.90. The molecule has 1 heterocycles. The van der Waals surface area contributed by atoms with Crippen LogP contribution in [-0.4, -0.2) is 19.1 Å². The number of nitrogens with one attached hydrogen (secondary N) is 1. The van der Waals surface area contributed by atoms with Crippen LogP contribution in [0.5, 0.6) is 0 Å². The summed E-state index contributed by atoms with van der Waals surface area (Å²) in [6.07, 6.45) is 3.96. The predicted octanol–water partition coefficient (Wildman–Crippen LogP) is 0.249. The lowest BCUT2D eigenvalue weighted by molar-refractivity contribution is 0.407. The van der Waals surface area contributed by atoms with Gasteiger partial charge in [0, 0.05) is 12.6 Å². The highest BCUT2D eigenvalue weighted by Gasteiger charge is 2.08. The second-order valence-electron chi connectivity index (χ2n) is 2.38. The van der Waals surface area contributed by atoms with Crippen LogP contribution in [0.15, 0.2) is 0 Å². The predicted molar refractivity (Wildman–Crippen MR) is 39.7 cm³/mol. The molecule has 56 valence electrons. The third-order valence-corrected chi connectivity index (χ3v) is 1.70. The van der Waals surface area contributed by atoms with Gasteiger partial charge in [-0.15, -0.1) is 0 Å². The molecule has 1 aliphatic rings. The molecule has 0 amide bonds. The Balaban J connectivity index is 0.000000640. The van der Waals surface area contributed by atoms with Gasteiger partial charge in [-0.1, -0.05) is 6.42 Å². The van der Waals surface area contributed by atoms with E-state index in [1.54, 1.807) is 0 Å². The van der Waals surface area contributed by atoms with E-state index in [0.717, 1.165) is 6.54 Å². The molecule has 3 nitrogen and oxygen atoms in total. The van der Waals surface area contributed by atoms with Crippen LogP contribution in [0.1, 0.15) is 19.3 Å². The number of nitrogens with two attached hydrogens (primary N) is 1. The maximum atomic E-state index is 5.44. The van der Waals surface area contributed by atoms with Crippen molar-refractivity contribution in [2.24, 2.45) is 5.73 Å². The van der Waals surface area contributed by atoms with Crippen molar-refractivity contribution < 1.29 is 0 Å². The Morgan fingerprint density at radius 3 is 2.56 bits per heavy atom. The van der Waals surface area contributed by atoms with E-state index in [4.69, 9.17) is 5.73 Å². The van der Waals surface area contributed by atoms with E-state index >= 15 is 0 Å². The van der Waals surface area contributed by atoms with Crippen molar-refractivity contribution in [2.45, 2.75) is 25.3 Å². The Labute approximate surface area is 56.6 Å². The Hall–Kier alpha value is -0.120. The molecule has 1 saturated heterocycles. The summed E-state index contributed by atoms with van der Waals surface area (Å²) in [7, 11) is 0. The molecule has 1 atom stereocenters. The second-order valence-corrected chi connectivity index (χ2v) is 2.38. The summed E-state index contributed by atoms with van der Waals surface area (Å²) in [5.74, 6) is 0. The highest BCUT2D eigenvalue weighted by atomic mass is 14.9. The Morgan fingerprint density at radius 2 is 2.22 bits per heavy atom. The molecule has 0 aromatic rings. The van der Waals surface area contributed by atoms with Gasteiger partial charge in [-0.25, -0.2) is 0 Å².